The number of carbonyl (C=O) groups excluding carboxylic acids is 2. The molecule has 0 saturated heterocycles. The third-order valence-electron chi connectivity index (χ3n) is 3.95. The number of rotatable bonds is 7. The Morgan fingerprint density at radius 3 is 2.62 bits per heavy atom. The summed E-state index contributed by atoms with van der Waals surface area (Å²) in [5.74, 6) is 0.543. The summed E-state index contributed by atoms with van der Waals surface area (Å²) >= 11 is 0. The number of furan rings is 1. The highest BCUT2D eigenvalue weighted by Gasteiger charge is 2.18. The Balaban J connectivity index is 2.02. The van der Waals surface area contributed by atoms with Crippen LogP contribution in [-0.2, 0) is 22.6 Å². The van der Waals surface area contributed by atoms with Crippen molar-refractivity contribution < 1.29 is 14.0 Å². The molecule has 5 heteroatoms. The lowest BCUT2D eigenvalue weighted by atomic mass is 10.0. The molecule has 0 spiro atoms. The third-order valence-corrected chi connectivity index (χ3v) is 3.95. The summed E-state index contributed by atoms with van der Waals surface area (Å²) in [5.41, 5.74) is 3.08. The molecule has 2 rings (SSSR count). The highest BCUT2D eigenvalue weighted by Crippen LogP contribution is 2.26. The number of hydrogen-bond acceptors (Lipinski definition) is 3. The Labute approximate surface area is 142 Å². The van der Waals surface area contributed by atoms with Crippen molar-refractivity contribution in [2.45, 2.75) is 40.2 Å². The summed E-state index contributed by atoms with van der Waals surface area (Å²) in [4.78, 5) is 25.8. The molecule has 0 atom stereocenters. The van der Waals surface area contributed by atoms with Gasteiger partial charge in [-0.3, -0.25) is 9.59 Å². The zero-order valence-corrected chi connectivity index (χ0v) is 14.5. The van der Waals surface area contributed by atoms with Crippen LogP contribution in [0.4, 0.5) is 5.69 Å². The zero-order chi connectivity index (χ0) is 17.5. The molecule has 0 fully saturated rings. The SMILES string of the molecule is CCc1cccc(C)c1N(CCC(=O)NCc1ccco1)C(C)=O. The maximum absolute atomic E-state index is 12.1. The molecule has 5 nitrogen and oxygen atoms in total. The minimum atomic E-state index is -0.107. The van der Waals surface area contributed by atoms with Gasteiger partial charge in [0.1, 0.15) is 5.76 Å². The first-order valence-corrected chi connectivity index (χ1v) is 8.18. The summed E-state index contributed by atoms with van der Waals surface area (Å²) in [6.45, 7) is 6.30. The fraction of sp³-hybridized carbons (Fsp3) is 0.368. The van der Waals surface area contributed by atoms with Crippen LogP contribution in [0.2, 0.25) is 0 Å². The van der Waals surface area contributed by atoms with Crippen molar-refractivity contribution >= 4 is 17.5 Å². The van der Waals surface area contributed by atoms with E-state index in [1.807, 2.05) is 31.2 Å². The first-order valence-electron chi connectivity index (χ1n) is 8.18. The van der Waals surface area contributed by atoms with Gasteiger partial charge < -0.3 is 14.6 Å². The average Bonchev–Trinajstić information content (AvgIpc) is 3.07. The molecule has 0 unspecified atom stereocenters. The first kappa shape index (κ1) is 17.8. The van der Waals surface area contributed by atoms with Crippen LogP contribution in [0.15, 0.2) is 41.0 Å². The lowest BCUT2D eigenvalue weighted by molar-refractivity contribution is -0.121. The standard InChI is InChI=1S/C19H24N2O3/c1-4-16-8-5-7-14(2)19(16)21(15(3)22)11-10-18(23)20-13-17-9-6-12-24-17/h5-9,12H,4,10-11,13H2,1-3H3,(H,20,23). The molecule has 1 N–H and O–H groups in total. The minimum Gasteiger partial charge on any atom is -0.467 e. The topological polar surface area (TPSA) is 62.6 Å². The number of para-hydroxylation sites is 1. The van der Waals surface area contributed by atoms with Gasteiger partial charge in [-0.1, -0.05) is 25.1 Å². The monoisotopic (exact) mass is 328 g/mol. The molecule has 0 bridgehead atoms. The molecular formula is C19H24N2O3. The van der Waals surface area contributed by atoms with Gasteiger partial charge in [0.2, 0.25) is 11.8 Å². The summed E-state index contributed by atoms with van der Waals surface area (Å²) < 4.78 is 5.18. The van der Waals surface area contributed by atoms with Crippen LogP contribution in [0, 0.1) is 6.92 Å². The van der Waals surface area contributed by atoms with Crippen LogP contribution < -0.4 is 10.2 Å². The number of carbonyl (C=O) groups is 2. The number of nitrogens with zero attached hydrogens (tertiary/aromatic N) is 1. The van der Waals surface area contributed by atoms with E-state index in [0.717, 1.165) is 23.2 Å². The largest absolute Gasteiger partial charge is 0.467 e. The highest BCUT2D eigenvalue weighted by atomic mass is 16.3. The third kappa shape index (κ3) is 4.47. The van der Waals surface area contributed by atoms with Crippen molar-refractivity contribution in [3.05, 3.63) is 53.5 Å². The predicted molar refractivity (Wildman–Crippen MR) is 93.8 cm³/mol. The average molecular weight is 328 g/mol. The molecule has 0 aliphatic carbocycles. The van der Waals surface area contributed by atoms with E-state index in [-0.39, 0.29) is 18.2 Å². The fourth-order valence-corrected chi connectivity index (χ4v) is 2.72. The molecule has 0 saturated carbocycles. The highest BCUT2D eigenvalue weighted by molar-refractivity contribution is 5.94. The quantitative estimate of drug-likeness (QED) is 0.849. The molecular weight excluding hydrogens is 304 g/mol. The van der Waals surface area contributed by atoms with Crippen molar-refractivity contribution in [1.29, 1.82) is 0 Å². The van der Waals surface area contributed by atoms with E-state index in [4.69, 9.17) is 4.42 Å². The van der Waals surface area contributed by atoms with E-state index >= 15 is 0 Å². The maximum Gasteiger partial charge on any atom is 0.223 e. The molecule has 2 amide bonds. The van der Waals surface area contributed by atoms with E-state index in [9.17, 15) is 9.59 Å². The normalized spacial score (nSPS) is 10.5. The van der Waals surface area contributed by atoms with E-state index in [0.29, 0.717) is 18.8 Å². The van der Waals surface area contributed by atoms with Gasteiger partial charge >= 0.3 is 0 Å². The van der Waals surface area contributed by atoms with Crippen LogP contribution in [0.25, 0.3) is 0 Å². The van der Waals surface area contributed by atoms with Crippen molar-refractivity contribution in [2.75, 3.05) is 11.4 Å². The molecule has 0 aliphatic rings. The number of benzene rings is 1. The van der Waals surface area contributed by atoms with Crippen LogP contribution in [-0.4, -0.2) is 18.4 Å². The lowest BCUT2D eigenvalue weighted by Gasteiger charge is -2.25. The molecule has 2 aromatic rings. The first-order chi connectivity index (χ1) is 11.5. The van der Waals surface area contributed by atoms with Gasteiger partial charge in [0.15, 0.2) is 0 Å². The van der Waals surface area contributed by atoms with E-state index in [1.165, 1.54) is 6.92 Å². The van der Waals surface area contributed by atoms with E-state index in [2.05, 4.69) is 12.2 Å². The molecule has 1 heterocycles. The van der Waals surface area contributed by atoms with Crippen LogP contribution in [0.1, 0.15) is 37.2 Å². The number of anilines is 1. The molecule has 0 aliphatic heterocycles. The van der Waals surface area contributed by atoms with E-state index in [1.54, 1.807) is 17.2 Å². The van der Waals surface area contributed by atoms with E-state index < -0.39 is 0 Å². The molecule has 1 aromatic heterocycles. The van der Waals surface area contributed by atoms with Gasteiger partial charge in [0, 0.05) is 25.6 Å². The van der Waals surface area contributed by atoms with Gasteiger partial charge in [-0.25, -0.2) is 0 Å². The van der Waals surface area contributed by atoms with Crippen LogP contribution in [0.3, 0.4) is 0 Å². The van der Waals surface area contributed by atoms with Crippen molar-refractivity contribution in [1.82, 2.24) is 5.32 Å². The van der Waals surface area contributed by atoms with Crippen molar-refractivity contribution in [3.63, 3.8) is 0 Å². The number of hydrogen-bond donors (Lipinski definition) is 1. The van der Waals surface area contributed by atoms with Crippen LogP contribution >= 0.6 is 0 Å². The van der Waals surface area contributed by atoms with Crippen molar-refractivity contribution in [3.8, 4) is 0 Å². The number of aryl methyl sites for hydroxylation is 2. The fourth-order valence-electron chi connectivity index (χ4n) is 2.72. The Bertz CT molecular complexity index is 693. The zero-order valence-electron chi connectivity index (χ0n) is 14.5. The minimum absolute atomic E-state index is 0.0576. The van der Waals surface area contributed by atoms with Gasteiger partial charge in [0.05, 0.1) is 12.8 Å². The Kier molecular flexibility index (Phi) is 6.18. The van der Waals surface area contributed by atoms with Crippen molar-refractivity contribution in [2.24, 2.45) is 0 Å². The second-order valence-corrected chi connectivity index (χ2v) is 5.71. The number of amides is 2. The van der Waals surface area contributed by atoms with Gasteiger partial charge in [-0.15, -0.1) is 0 Å². The summed E-state index contributed by atoms with van der Waals surface area (Å²) in [6.07, 6.45) is 2.66. The lowest BCUT2D eigenvalue weighted by Crippen LogP contribution is -2.34. The summed E-state index contributed by atoms with van der Waals surface area (Å²) in [7, 11) is 0. The number of nitrogens with one attached hydrogen (secondary N) is 1. The molecule has 0 radical (unpaired) electrons. The molecule has 1 aromatic carbocycles. The van der Waals surface area contributed by atoms with Gasteiger partial charge in [-0.2, -0.15) is 0 Å². The second kappa shape index (κ2) is 8.34. The molecule has 128 valence electrons. The summed E-state index contributed by atoms with van der Waals surface area (Å²) in [6, 6.07) is 9.59. The smallest absolute Gasteiger partial charge is 0.223 e. The Hall–Kier alpha value is -2.56. The van der Waals surface area contributed by atoms with Gasteiger partial charge in [0.25, 0.3) is 0 Å². The predicted octanol–water partition coefficient (Wildman–Crippen LogP) is 3.21. The van der Waals surface area contributed by atoms with Crippen LogP contribution in [0.5, 0.6) is 0 Å². The maximum atomic E-state index is 12.1. The Morgan fingerprint density at radius 1 is 1.21 bits per heavy atom. The van der Waals surface area contributed by atoms with Gasteiger partial charge in [-0.05, 0) is 36.6 Å². The molecule has 24 heavy (non-hydrogen) atoms. The summed E-state index contributed by atoms with van der Waals surface area (Å²) in [5, 5.41) is 2.80. The Morgan fingerprint density at radius 2 is 2.00 bits per heavy atom. The second-order valence-electron chi connectivity index (χ2n) is 5.71.